The standard InChI is InChI=1S/C18H22N6O2/c1-11-13(12(2)24-15(21-11)10-16(25)22-24)5-6-17(26)23-9-3-4-14(23)18-19-7-8-20-18/h7-8,10,14H,3-6,9H2,1-2H3,(H,19,20)(H,22,25). The van der Waals surface area contributed by atoms with Crippen LogP contribution in [0.25, 0.3) is 5.65 Å². The second kappa shape index (κ2) is 6.44. The number of aromatic nitrogens is 5. The number of hydrogen-bond acceptors (Lipinski definition) is 4. The van der Waals surface area contributed by atoms with Crippen molar-refractivity contribution in [3.63, 3.8) is 0 Å². The molecular weight excluding hydrogens is 332 g/mol. The fraction of sp³-hybridized carbons (Fsp3) is 0.444. The Balaban J connectivity index is 1.53. The van der Waals surface area contributed by atoms with Crippen molar-refractivity contribution < 1.29 is 4.79 Å². The number of nitrogens with one attached hydrogen (secondary N) is 2. The lowest BCUT2D eigenvalue weighted by atomic mass is 10.1. The highest BCUT2D eigenvalue weighted by molar-refractivity contribution is 5.77. The van der Waals surface area contributed by atoms with Crippen molar-refractivity contribution in [2.24, 2.45) is 0 Å². The van der Waals surface area contributed by atoms with Crippen molar-refractivity contribution in [3.05, 3.63) is 51.6 Å². The monoisotopic (exact) mass is 354 g/mol. The number of H-pyrrole nitrogens is 2. The Bertz CT molecular complexity index is 1000. The lowest BCUT2D eigenvalue weighted by molar-refractivity contribution is -0.132. The molecule has 0 aliphatic carbocycles. The Morgan fingerprint density at radius 3 is 3.00 bits per heavy atom. The molecule has 1 aliphatic heterocycles. The van der Waals surface area contributed by atoms with Crippen LogP contribution in [0.15, 0.2) is 23.3 Å². The smallest absolute Gasteiger partial charge is 0.266 e. The molecule has 3 aromatic rings. The third-order valence-corrected chi connectivity index (χ3v) is 5.20. The predicted molar refractivity (Wildman–Crippen MR) is 95.9 cm³/mol. The predicted octanol–water partition coefficient (Wildman–Crippen LogP) is 1.66. The SMILES string of the molecule is Cc1nc2cc(=O)[nH]n2c(C)c1CCC(=O)N1CCCC1c1ncc[nH]1. The zero-order valence-electron chi connectivity index (χ0n) is 15.0. The van der Waals surface area contributed by atoms with Gasteiger partial charge in [0, 0.05) is 42.8 Å². The van der Waals surface area contributed by atoms with Gasteiger partial charge in [0.05, 0.1) is 6.04 Å². The molecule has 1 saturated heterocycles. The number of amides is 1. The highest BCUT2D eigenvalue weighted by Gasteiger charge is 2.31. The summed E-state index contributed by atoms with van der Waals surface area (Å²) in [4.78, 5) is 38.2. The molecule has 1 aliphatic rings. The summed E-state index contributed by atoms with van der Waals surface area (Å²) in [5.41, 5.74) is 3.22. The molecule has 0 saturated carbocycles. The number of aryl methyl sites for hydroxylation is 2. The number of fused-ring (bicyclic) bond motifs is 1. The van der Waals surface area contributed by atoms with E-state index in [1.807, 2.05) is 18.7 Å². The van der Waals surface area contributed by atoms with E-state index in [2.05, 4.69) is 20.1 Å². The first-order chi connectivity index (χ1) is 12.5. The molecule has 0 radical (unpaired) electrons. The van der Waals surface area contributed by atoms with Gasteiger partial charge in [0.2, 0.25) is 5.91 Å². The number of imidazole rings is 1. The van der Waals surface area contributed by atoms with Crippen molar-refractivity contribution >= 4 is 11.6 Å². The summed E-state index contributed by atoms with van der Waals surface area (Å²) in [6.45, 7) is 4.63. The van der Waals surface area contributed by atoms with Gasteiger partial charge in [-0.05, 0) is 38.7 Å². The minimum absolute atomic E-state index is 0.0427. The first-order valence-electron chi connectivity index (χ1n) is 8.91. The highest BCUT2D eigenvalue weighted by Crippen LogP contribution is 2.30. The molecule has 4 rings (SSSR count). The van der Waals surface area contributed by atoms with Crippen LogP contribution in [0.5, 0.6) is 0 Å². The number of rotatable bonds is 4. The molecule has 2 N–H and O–H groups in total. The minimum Gasteiger partial charge on any atom is -0.347 e. The van der Waals surface area contributed by atoms with Crippen LogP contribution in [0.4, 0.5) is 0 Å². The molecule has 1 amide bonds. The minimum atomic E-state index is -0.174. The summed E-state index contributed by atoms with van der Waals surface area (Å²) in [7, 11) is 0. The molecule has 1 unspecified atom stereocenters. The van der Waals surface area contributed by atoms with Crippen LogP contribution in [0.3, 0.4) is 0 Å². The number of carbonyl (C=O) groups is 1. The van der Waals surface area contributed by atoms with Crippen LogP contribution < -0.4 is 5.56 Å². The van der Waals surface area contributed by atoms with E-state index in [1.54, 1.807) is 16.9 Å². The van der Waals surface area contributed by atoms with Gasteiger partial charge in [-0.2, -0.15) is 0 Å². The lowest BCUT2D eigenvalue weighted by Crippen LogP contribution is -2.31. The third kappa shape index (κ3) is 2.81. The summed E-state index contributed by atoms with van der Waals surface area (Å²) in [6, 6.07) is 1.52. The molecule has 4 heterocycles. The van der Waals surface area contributed by atoms with E-state index in [9.17, 15) is 9.59 Å². The van der Waals surface area contributed by atoms with Gasteiger partial charge in [-0.3, -0.25) is 14.7 Å². The topological polar surface area (TPSA) is 99.1 Å². The van der Waals surface area contributed by atoms with Gasteiger partial charge < -0.3 is 9.88 Å². The average molecular weight is 354 g/mol. The zero-order valence-corrected chi connectivity index (χ0v) is 15.0. The molecule has 8 nitrogen and oxygen atoms in total. The number of likely N-dealkylation sites (tertiary alicyclic amines) is 1. The molecule has 1 fully saturated rings. The van der Waals surface area contributed by atoms with Crippen molar-refractivity contribution in [2.45, 2.75) is 45.6 Å². The van der Waals surface area contributed by atoms with Crippen molar-refractivity contribution in [1.29, 1.82) is 0 Å². The molecule has 1 atom stereocenters. The summed E-state index contributed by atoms with van der Waals surface area (Å²) in [5.74, 6) is 0.986. The van der Waals surface area contributed by atoms with Crippen LogP contribution in [-0.2, 0) is 11.2 Å². The second-order valence-electron chi connectivity index (χ2n) is 6.79. The summed E-state index contributed by atoms with van der Waals surface area (Å²) < 4.78 is 1.69. The van der Waals surface area contributed by atoms with Crippen molar-refractivity contribution in [3.8, 4) is 0 Å². The summed E-state index contributed by atoms with van der Waals surface area (Å²) >= 11 is 0. The Kier molecular flexibility index (Phi) is 4.10. The normalized spacial score (nSPS) is 17.3. The van der Waals surface area contributed by atoms with Crippen LogP contribution in [0.1, 0.15) is 48.1 Å². The van der Waals surface area contributed by atoms with Gasteiger partial charge in [-0.1, -0.05) is 0 Å². The van der Waals surface area contributed by atoms with Crippen LogP contribution in [0, 0.1) is 13.8 Å². The maximum Gasteiger partial charge on any atom is 0.266 e. The molecule has 3 aromatic heterocycles. The maximum atomic E-state index is 12.8. The van der Waals surface area contributed by atoms with Gasteiger partial charge in [-0.25, -0.2) is 14.5 Å². The third-order valence-electron chi connectivity index (χ3n) is 5.20. The lowest BCUT2D eigenvalue weighted by Gasteiger charge is -2.23. The molecule has 0 aromatic carbocycles. The van der Waals surface area contributed by atoms with E-state index in [0.29, 0.717) is 18.5 Å². The van der Waals surface area contributed by atoms with Crippen LogP contribution in [-0.4, -0.2) is 41.9 Å². The fourth-order valence-corrected chi connectivity index (χ4v) is 3.90. The maximum absolute atomic E-state index is 12.8. The van der Waals surface area contributed by atoms with E-state index in [0.717, 1.165) is 42.2 Å². The number of nitrogens with zero attached hydrogens (tertiary/aromatic N) is 4. The first kappa shape index (κ1) is 16.6. The molecule has 26 heavy (non-hydrogen) atoms. The molecule has 136 valence electrons. The van der Waals surface area contributed by atoms with E-state index in [-0.39, 0.29) is 17.5 Å². The largest absolute Gasteiger partial charge is 0.347 e. The van der Waals surface area contributed by atoms with Crippen molar-refractivity contribution in [2.75, 3.05) is 6.54 Å². The van der Waals surface area contributed by atoms with Crippen molar-refractivity contribution in [1.82, 2.24) is 29.5 Å². The molecule has 0 spiro atoms. The zero-order chi connectivity index (χ0) is 18.3. The number of carbonyl (C=O) groups excluding carboxylic acids is 1. The Morgan fingerprint density at radius 1 is 1.38 bits per heavy atom. The van der Waals surface area contributed by atoms with E-state index >= 15 is 0 Å². The molecule has 0 bridgehead atoms. The quantitative estimate of drug-likeness (QED) is 0.744. The Labute approximate surface area is 150 Å². The first-order valence-corrected chi connectivity index (χ1v) is 8.91. The van der Waals surface area contributed by atoms with E-state index < -0.39 is 0 Å². The summed E-state index contributed by atoms with van der Waals surface area (Å²) in [6.07, 6.45) is 6.46. The second-order valence-corrected chi connectivity index (χ2v) is 6.79. The molecular formula is C18H22N6O2. The Morgan fingerprint density at radius 2 is 2.23 bits per heavy atom. The number of hydrogen-bond donors (Lipinski definition) is 2. The number of aromatic amines is 2. The molecule has 8 heteroatoms. The van der Waals surface area contributed by atoms with Gasteiger partial charge >= 0.3 is 0 Å². The van der Waals surface area contributed by atoms with E-state index in [1.165, 1.54) is 6.07 Å². The van der Waals surface area contributed by atoms with Crippen LogP contribution in [0.2, 0.25) is 0 Å². The summed E-state index contributed by atoms with van der Waals surface area (Å²) in [5, 5.41) is 2.75. The van der Waals surface area contributed by atoms with Gasteiger partial charge in [0.15, 0.2) is 5.65 Å². The van der Waals surface area contributed by atoms with Gasteiger partial charge in [0.1, 0.15) is 5.82 Å². The van der Waals surface area contributed by atoms with Gasteiger partial charge in [-0.15, -0.1) is 0 Å². The van der Waals surface area contributed by atoms with Crippen LogP contribution >= 0.6 is 0 Å². The Hall–Kier alpha value is -2.90. The highest BCUT2D eigenvalue weighted by atomic mass is 16.2. The fourth-order valence-electron chi connectivity index (χ4n) is 3.90. The van der Waals surface area contributed by atoms with Gasteiger partial charge in [0.25, 0.3) is 5.56 Å². The average Bonchev–Trinajstić information content (AvgIpc) is 3.33. The van der Waals surface area contributed by atoms with E-state index in [4.69, 9.17) is 0 Å².